The van der Waals surface area contributed by atoms with Crippen molar-refractivity contribution in [2.24, 2.45) is 0 Å². The maximum atomic E-state index is 14.0. The molecule has 0 aliphatic carbocycles. The number of carboxylic acids is 1. The molecule has 0 unspecified atom stereocenters. The van der Waals surface area contributed by atoms with Crippen LogP contribution in [0, 0.1) is 5.82 Å². The molecule has 1 aliphatic rings. The summed E-state index contributed by atoms with van der Waals surface area (Å²) in [6.45, 7) is 0.459. The van der Waals surface area contributed by atoms with E-state index < -0.39 is 11.8 Å². The van der Waals surface area contributed by atoms with Crippen molar-refractivity contribution in [1.29, 1.82) is 0 Å². The summed E-state index contributed by atoms with van der Waals surface area (Å²) < 4.78 is 19.4. The maximum absolute atomic E-state index is 14.0. The Kier molecular flexibility index (Phi) is 7.75. The first kappa shape index (κ1) is 22.9. The lowest BCUT2D eigenvalue weighted by atomic mass is 10.1. The first-order valence-corrected chi connectivity index (χ1v) is 10.9. The quantitative estimate of drug-likeness (QED) is 0.329. The number of hydrogen-bond donors (Lipinski definition) is 1. The normalized spacial score (nSPS) is 15.0. The van der Waals surface area contributed by atoms with Crippen LogP contribution in [0.3, 0.4) is 0 Å². The standard InChI is InChI=1S/C22H21FN2O4S2/c1-29-18-10-9-14(12-16(18)23)17-7-5-6-15(24-17)13-19-21(28)25(22(30)31-19)11-4-2-3-8-20(26)27/h5-7,9-10,12-13H,2-4,8,11H2,1H3,(H,26,27)/b19-13-. The van der Waals surface area contributed by atoms with E-state index in [4.69, 9.17) is 22.1 Å². The van der Waals surface area contributed by atoms with Gasteiger partial charge in [-0.15, -0.1) is 0 Å². The number of aliphatic carboxylic acids is 1. The van der Waals surface area contributed by atoms with Gasteiger partial charge in [-0.25, -0.2) is 9.37 Å². The smallest absolute Gasteiger partial charge is 0.303 e. The van der Waals surface area contributed by atoms with Crippen LogP contribution in [0.4, 0.5) is 4.39 Å². The number of unbranched alkanes of at least 4 members (excludes halogenated alkanes) is 2. The van der Waals surface area contributed by atoms with Crippen molar-refractivity contribution in [3.63, 3.8) is 0 Å². The lowest BCUT2D eigenvalue weighted by molar-refractivity contribution is -0.137. The Morgan fingerprint density at radius 1 is 1.29 bits per heavy atom. The molecule has 1 aliphatic heterocycles. The Labute approximate surface area is 189 Å². The summed E-state index contributed by atoms with van der Waals surface area (Å²) in [5.41, 5.74) is 1.74. The minimum atomic E-state index is -0.819. The fourth-order valence-corrected chi connectivity index (χ4v) is 4.36. The molecule has 2 heterocycles. The molecular weight excluding hydrogens is 439 g/mol. The van der Waals surface area contributed by atoms with Crippen molar-refractivity contribution in [3.05, 3.63) is 52.8 Å². The van der Waals surface area contributed by atoms with E-state index in [0.29, 0.717) is 52.0 Å². The third-order valence-corrected chi connectivity index (χ3v) is 6.02. The van der Waals surface area contributed by atoms with E-state index >= 15 is 0 Å². The van der Waals surface area contributed by atoms with Crippen molar-refractivity contribution >= 4 is 46.3 Å². The van der Waals surface area contributed by atoms with Crippen LogP contribution >= 0.6 is 24.0 Å². The summed E-state index contributed by atoms with van der Waals surface area (Å²) in [6, 6.07) is 9.94. The van der Waals surface area contributed by atoms with Crippen LogP contribution in [0.5, 0.6) is 5.75 Å². The molecule has 0 saturated carbocycles. The number of carbonyl (C=O) groups is 2. The monoisotopic (exact) mass is 460 g/mol. The van der Waals surface area contributed by atoms with Gasteiger partial charge in [0.05, 0.1) is 23.4 Å². The highest BCUT2D eigenvalue weighted by molar-refractivity contribution is 8.26. The molecule has 9 heteroatoms. The first-order chi connectivity index (χ1) is 14.9. The average Bonchev–Trinajstić information content (AvgIpc) is 3.00. The van der Waals surface area contributed by atoms with E-state index in [1.807, 2.05) is 0 Å². The number of rotatable bonds is 9. The first-order valence-electron chi connectivity index (χ1n) is 9.67. The Morgan fingerprint density at radius 2 is 2.10 bits per heavy atom. The highest BCUT2D eigenvalue weighted by Crippen LogP contribution is 2.33. The van der Waals surface area contributed by atoms with Crippen molar-refractivity contribution in [1.82, 2.24) is 9.88 Å². The molecule has 1 aromatic heterocycles. The summed E-state index contributed by atoms with van der Waals surface area (Å²) in [7, 11) is 1.41. The lowest BCUT2D eigenvalue weighted by Gasteiger charge is -2.13. The number of hydrogen-bond acceptors (Lipinski definition) is 6. The Morgan fingerprint density at radius 3 is 2.81 bits per heavy atom. The van der Waals surface area contributed by atoms with Gasteiger partial charge in [0.1, 0.15) is 4.32 Å². The summed E-state index contributed by atoms with van der Waals surface area (Å²) in [6.07, 6.45) is 3.77. The molecule has 0 bridgehead atoms. The number of nitrogens with zero attached hydrogens (tertiary/aromatic N) is 2. The third-order valence-electron chi connectivity index (χ3n) is 4.64. The van der Waals surface area contributed by atoms with Crippen LogP contribution in [0.25, 0.3) is 17.3 Å². The molecule has 1 N–H and O–H groups in total. The Bertz CT molecular complexity index is 1040. The number of halogens is 1. The van der Waals surface area contributed by atoms with Crippen molar-refractivity contribution < 1.29 is 23.8 Å². The minimum absolute atomic E-state index is 0.123. The number of thioether (sulfide) groups is 1. The molecule has 0 spiro atoms. The van der Waals surface area contributed by atoms with Gasteiger partial charge in [0, 0.05) is 18.5 Å². The highest BCUT2D eigenvalue weighted by atomic mass is 32.2. The summed E-state index contributed by atoms with van der Waals surface area (Å²) in [5, 5.41) is 8.69. The van der Waals surface area contributed by atoms with Gasteiger partial charge in [-0.3, -0.25) is 14.5 Å². The topological polar surface area (TPSA) is 79.7 Å². The predicted octanol–water partition coefficient (Wildman–Crippen LogP) is 4.74. The number of carboxylic acid groups (broad SMARTS) is 1. The van der Waals surface area contributed by atoms with Gasteiger partial charge in [0.25, 0.3) is 5.91 Å². The van der Waals surface area contributed by atoms with Gasteiger partial charge in [0.2, 0.25) is 0 Å². The fourth-order valence-electron chi connectivity index (χ4n) is 3.07. The Balaban J connectivity index is 1.70. The molecular formula is C22H21FN2O4S2. The van der Waals surface area contributed by atoms with Crippen LogP contribution < -0.4 is 4.74 Å². The second kappa shape index (κ2) is 10.5. The number of thiocarbonyl (C=S) groups is 1. The van der Waals surface area contributed by atoms with Gasteiger partial charge < -0.3 is 9.84 Å². The van der Waals surface area contributed by atoms with Crippen LogP contribution in [0.15, 0.2) is 41.3 Å². The maximum Gasteiger partial charge on any atom is 0.303 e. The summed E-state index contributed by atoms with van der Waals surface area (Å²) in [4.78, 5) is 29.8. The van der Waals surface area contributed by atoms with Crippen LogP contribution in [0.2, 0.25) is 0 Å². The molecule has 162 valence electrons. The fraction of sp³-hybridized carbons (Fsp3) is 0.273. The van der Waals surface area contributed by atoms with Crippen molar-refractivity contribution in [3.8, 4) is 17.0 Å². The van der Waals surface area contributed by atoms with Gasteiger partial charge >= 0.3 is 5.97 Å². The second-order valence-corrected chi connectivity index (χ2v) is 8.51. The number of amides is 1. The number of methoxy groups -OCH3 is 1. The second-order valence-electron chi connectivity index (χ2n) is 6.83. The molecule has 0 atom stereocenters. The molecule has 3 rings (SSSR count). The van der Waals surface area contributed by atoms with Crippen LogP contribution in [0.1, 0.15) is 31.4 Å². The molecule has 1 fully saturated rings. The molecule has 2 aromatic rings. The number of pyridine rings is 1. The van der Waals surface area contributed by atoms with Crippen molar-refractivity contribution in [2.45, 2.75) is 25.7 Å². The zero-order valence-corrected chi connectivity index (χ0v) is 18.5. The van der Waals surface area contributed by atoms with E-state index in [-0.39, 0.29) is 18.1 Å². The zero-order valence-electron chi connectivity index (χ0n) is 16.8. The van der Waals surface area contributed by atoms with E-state index in [1.165, 1.54) is 29.8 Å². The summed E-state index contributed by atoms with van der Waals surface area (Å²) in [5.74, 6) is -1.32. The number of carbonyl (C=O) groups excluding carboxylic acids is 1. The van der Waals surface area contributed by atoms with Gasteiger partial charge in [-0.2, -0.15) is 0 Å². The molecule has 6 nitrogen and oxygen atoms in total. The van der Waals surface area contributed by atoms with E-state index in [1.54, 1.807) is 36.4 Å². The SMILES string of the molecule is COc1ccc(-c2cccc(/C=C3\SC(=S)N(CCCCCC(=O)O)C3=O)n2)cc1F. The molecule has 0 radical (unpaired) electrons. The largest absolute Gasteiger partial charge is 0.494 e. The number of aromatic nitrogens is 1. The van der Waals surface area contributed by atoms with Crippen LogP contribution in [-0.4, -0.2) is 44.8 Å². The lowest BCUT2D eigenvalue weighted by Crippen LogP contribution is -2.29. The number of benzene rings is 1. The van der Waals surface area contributed by atoms with Crippen LogP contribution in [-0.2, 0) is 9.59 Å². The molecule has 31 heavy (non-hydrogen) atoms. The molecule has 1 aromatic carbocycles. The van der Waals surface area contributed by atoms with E-state index in [0.717, 1.165) is 0 Å². The van der Waals surface area contributed by atoms with Gasteiger partial charge in [-0.1, -0.05) is 36.5 Å². The van der Waals surface area contributed by atoms with Gasteiger partial charge in [0.15, 0.2) is 11.6 Å². The molecule has 1 saturated heterocycles. The highest BCUT2D eigenvalue weighted by Gasteiger charge is 2.31. The van der Waals surface area contributed by atoms with E-state index in [2.05, 4.69) is 4.98 Å². The third kappa shape index (κ3) is 5.89. The Hall–Kier alpha value is -2.78. The van der Waals surface area contributed by atoms with E-state index in [9.17, 15) is 14.0 Å². The van der Waals surface area contributed by atoms with Crippen molar-refractivity contribution in [2.75, 3.05) is 13.7 Å². The molecule has 1 amide bonds. The predicted molar refractivity (Wildman–Crippen MR) is 122 cm³/mol. The average molecular weight is 461 g/mol. The van der Waals surface area contributed by atoms with Gasteiger partial charge in [-0.05, 0) is 49.2 Å². The number of ether oxygens (including phenoxy) is 1. The minimum Gasteiger partial charge on any atom is -0.494 e. The zero-order chi connectivity index (χ0) is 22.4. The summed E-state index contributed by atoms with van der Waals surface area (Å²) >= 11 is 6.54.